The van der Waals surface area contributed by atoms with Crippen LogP contribution in [0.3, 0.4) is 0 Å². The number of hydrogen-bond donors (Lipinski definition) is 0. The molecule has 0 radical (unpaired) electrons. The van der Waals surface area contributed by atoms with Gasteiger partial charge in [0, 0.05) is 23.2 Å². The molecule has 0 atom stereocenters. The van der Waals surface area contributed by atoms with Gasteiger partial charge in [0.15, 0.2) is 0 Å². The fraction of sp³-hybridized carbons (Fsp3) is 0. The van der Waals surface area contributed by atoms with Crippen LogP contribution in [0, 0.1) is 0 Å². The molecule has 0 bridgehead atoms. The first kappa shape index (κ1) is 10.3. The number of furan rings is 1. The third-order valence-corrected chi connectivity index (χ3v) is 3.38. The molecule has 0 aliphatic heterocycles. The lowest BCUT2D eigenvalue weighted by molar-refractivity contribution is 0.668. The van der Waals surface area contributed by atoms with Crippen molar-refractivity contribution in [1.82, 2.24) is 4.98 Å². The Morgan fingerprint density at radius 1 is 0.737 bits per heavy atom. The summed E-state index contributed by atoms with van der Waals surface area (Å²) >= 11 is 0. The van der Waals surface area contributed by atoms with Crippen LogP contribution in [0.4, 0.5) is 0 Å². The molecule has 0 fully saturated rings. The maximum absolute atomic E-state index is 5.80. The van der Waals surface area contributed by atoms with E-state index in [9.17, 15) is 0 Å². The fourth-order valence-electron chi connectivity index (χ4n) is 2.43. The lowest BCUT2D eigenvalue weighted by Gasteiger charge is -2.00. The van der Waals surface area contributed by atoms with Gasteiger partial charge in [-0.05, 0) is 29.3 Å². The van der Waals surface area contributed by atoms with Gasteiger partial charge >= 0.3 is 0 Å². The summed E-state index contributed by atoms with van der Waals surface area (Å²) in [4.78, 5) is 4.18. The smallest absolute Gasteiger partial charge is 0.138 e. The minimum Gasteiger partial charge on any atom is -0.456 e. The van der Waals surface area contributed by atoms with E-state index in [-0.39, 0.29) is 0 Å². The molecule has 0 saturated heterocycles. The summed E-state index contributed by atoms with van der Waals surface area (Å²) in [7, 11) is 0. The number of aromatic nitrogens is 1. The number of nitrogens with zero attached hydrogens (tertiary/aromatic N) is 1. The lowest BCUT2D eigenvalue weighted by atomic mass is 10.0. The van der Waals surface area contributed by atoms with E-state index >= 15 is 0 Å². The Morgan fingerprint density at radius 2 is 1.58 bits per heavy atom. The molecule has 2 heterocycles. The van der Waals surface area contributed by atoms with Gasteiger partial charge in [-0.15, -0.1) is 0 Å². The number of benzene rings is 2. The normalized spacial score (nSPS) is 11.2. The van der Waals surface area contributed by atoms with Crippen LogP contribution in [-0.4, -0.2) is 4.98 Å². The van der Waals surface area contributed by atoms with Crippen LogP contribution >= 0.6 is 0 Å². The second-order valence-electron chi connectivity index (χ2n) is 4.55. The second kappa shape index (κ2) is 3.95. The van der Waals surface area contributed by atoms with E-state index in [0.29, 0.717) is 0 Å². The van der Waals surface area contributed by atoms with E-state index in [0.717, 1.165) is 21.9 Å². The highest BCUT2D eigenvalue weighted by Crippen LogP contribution is 2.31. The minimum atomic E-state index is 0.884. The first-order chi connectivity index (χ1) is 9.42. The molecule has 0 spiro atoms. The molecule has 19 heavy (non-hydrogen) atoms. The van der Waals surface area contributed by atoms with Crippen LogP contribution in [0.25, 0.3) is 33.1 Å². The summed E-state index contributed by atoms with van der Waals surface area (Å²) in [5, 5.41) is 2.18. The minimum absolute atomic E-state index is 0.884. The van der Waals surface area contributed by atoms with Crippen LogP contribution < -0.4 is 0 Å². The van der Waals surface area contributed by atoms with Crippen molar-refractivity contribution in [3.63, 3.8) is 0 Å². The van der Waals surface area contributed by atoms with Gasteiger partial charge in [-0.2, -0.15) is 0 Å². The average Bonchev–Trinajstić information content (AvgIpc) is 2.86. The van der Waals surface area contributed by atoms with Crippen LogP contribution in [0.5, 0.6) is 0 Å². The van der Waals surface area contributed by atoms with Crippen LogP contribution in [0.15, 0.2) is 71.4 Å². The van der Waals surface area contributed by atoms with E-state index in [1.165, 1.54) is 11.1 Å². The van der Waals surface area contributed by atoms with E-state index in [1.807, 2.05) is 24.4 Å². The zero-order valence-electron chi connectivity index (χ0n) is 10.2. The predicted molar refractivity (Wildman–Crippen MR) is 77.0 cm³/mol. The predicted octanol–water partition coefficient (Wildman–Crippen LogP) is 4.65. The second-order valence-corrected chi connectivity index (χ2v) is 4.55. The van der Waals surface area contributed by atoms with Crippen molar-refractivity contribution in [1.29, 1.82) is 0 Å². The van der Waals surface area contributed by atoms with Gasteiger partial charge in [0.25, 0.3) is 0 Å². The molecule has 4 rings (SSSR count). The van der Waals surface area contributed by atoms with Gasteiger partial charge in [0.2, 0.25) is 0 Å². The Balaban J connectivity index is 2.03. The lowest BCUT2D eigenvalue weighted by Crippen LogP contribution is -1.76. The third kappa shape index (κ3) is 1.61. The Morgan fingerprint density at radius 3 is 2.47 bits per heavy atom. The molecule has 0 N–H and O–H groups in total. The van der Waals surface area contributed by atoms with Crippen molar-refractivity contribution in [2.45, 2.75) is 0 Å². The Kier molecular flexibility index (Phi) is 2.15. The SMILES string of the molecule is c1ccc(-c2ccc3oc4ccncc4c3c2)cc1. The first-order valence-corrected chi connectivity index (χ1v) is 6.23. The van der Waals surface area contributed by atoms with E-state index in [4.69, 9.17) is 4.42 Å². The van der Waals surface area contributed by atoms with Crippen LogP contribution in [-0.2, 0) is 0 Å². The molecule has 2 aromatic carbocycles. The molecule has 0 saturated carbocycles. The maximum Gasteiger partial charge on any atom is 0.138 e. The largest absolute Gasteiger partial charge is 0.456 e. The summed E-state index contributed by atoms with van der Waals surface area (Å²) < 4.78 is 5.80. The molecule has 4 aromatic rings. The van der Waals surface area contributed by atoms with Gasteiger partial charge in [-0.3, -0.25) is 4.98 Å². The number of hydrogen-bond acceptors (Lipinski definition) is 2. The van der Waals surface area contributed by atoms with Crippen LogP contribution in [0.2, 0.25) is 0 Å². The van der Waals surface area contributed by atoms with Gasteiger partial charge in [0.1, 0.15) is 11.2 Å². The van der Waals surface area contributed by atoms with Gasteiger partial charge in [0.05, 0.1) is 0 Å². The summed E-state index contributed by atoms with van der Waals surface area (Å²) in [5.74, 6) is 0. The van der Waals surface area contributed by atoms with Gasteiger partial charge in [-0.25, -0.2) is 0 Å². The Labute approximate surface area is 110 Å². The monoisotopic (exact) mass is 245 g/mol. The van der Waals surface area contributed by atoms with E-state index in [1.54, 1.807) is 6.20 Å². The third-order valence-electron chi connectivity index (χ3n) is 3.38. The molecular weight excluding hydrogens is 234 g/mol. The molecule has 0 amide bonds. The highest BCUT2D eigenvalue weighted by Gasteiger charge is 2.07. The van der Waals surface area contributed by atoms with Crippen molar-refractivity contribution >= 4 is 21.9 Å². The number of pyridine rings is 1. The van der Waals surface area contributed by atoms with Crippen LogP contribution in [0.1, 0.15) is 0 Å². The van der Waals surface area contributed by atoms with Crippen molar-refractivity contribution in [3.8, 4) is 11.1 Å². The summed E-state index contributed by atoms with van der Waals surface area (Å²) in [5.41, 5.74) is 4.19. The zero-order chi connectivity index (χ0) is 12.7. The van der Waals surface area contributed by atoms with E-state index in [2.05, 4.69) is 41.4 Å². The first-order valence-electron chi connectivity index (χ1n) is 6.23. The Bertz CT molecular complexity index is 862. The summed E-state index contributed by atoms with van der Waals surface area (Å²) in [6, 6.07) is 18.5. The zero-order valence-corrected chi connectivity index (χ0v) is 10.2. The van der Waals surface area contributed by atoms with E-state index < -0.39 is 0 Å². The fourth-order valence-corrected chi connectivity index (χ4v) is 2.43. The van der Waals surface area contributed by atoms with Crippen molar-refractivity contribution in [2.24, 2.45) is 0 Å². The molecule has 90 valence electrons. The average molecular weight is 245 g/mol. The number of fused-ring (bicyclic) bond motifs is 3. The molecular formula is C17H11NO. The summed E-state index contributed by atoms with van der Waals surface area (Å²) in [6.07, 6.45) is 3.61. The molecule has 2 heteroatoms. The van der Waals surface area contributed by atoms with Crippen molar-refractivity contribution < 1.29 is 4.42 Å². The number of rotatable bonds is 1. The molecule has 0 aliphatic rings. The highest BCUT2D eigenvalue weighted by atomic mass is 16.3. The van der Waals surface area contributed by atoms with Crippen molar-refractivity contribution in [3.05, 3.63) is 67.0 Å². The Hall–Kier alpha value is -2.61. The standard InChI is InChI=1S/C17H11NO/c1-2-4-12(5-3-1)13-6-7-16-14(10-13)15-11-18-9-8-17(15)19-16/h1-11H. The maximum atomic E-state index is 5.80. The highest BCUT2D eigenvalue weighted by molar-refractivity contribution is 6.05. The van der Waals surface area contributed by atoms with Gasteiger partial charge < -0.3 is 4.42 Å². The molecule has 0 unspecified atom stereocenters. The quantitative estimate of drug-likeness (QED) is 0.488. The topological polar surface area (TPSA) is 26.0 Å². The van der Waals surface area contributed by atoms with Crippen molar-refractivity contribution in [2.75, 3.05) is 0 Å². The molecule has 2 nitrogen and oxygen atoms in total. The van der Waals surface area contributed by atoms with Gasteiger partial charge in [-0.1, -0.05) is 36.4 Å². The summed E-state index contributed by atoms with van der Waals surface area (Å²) in [6.45, 7) is 0. The molecule has 0 aliphatic carbocycles. The molecule has 2 aromatic heterocycles.